The Hall–Kier alpha value is -2.69. The number of aliphatic imine (C=N–C) groups is 1. The summed E-state index contributed by atoms with van der Waals surface area (Å²) in [6, 6.07) is 6.44. The Balaban J connectivity index is 1.65. The van der Waals surface area contributed by atoms with Crippen LogP contribution in [0.4, 0.5) is 5.00 Å². The molecule has 1 atom stereocenters. The second kappa shape index (κ2) is 7.41. The van der Waals surface area contributed by atoms with Gasteiger partial charge in [-0.1, -0.05) is 26.3 Å². The van der Waals surface area contributed by atoms with Crippen LogP contribution < -0.4 is 10.6 Å². The van der Waals surface area contributed by atoms with E-state index in [-0.39, 0.29) is 17.1 Å². The number of nitrogens with zero attached hydrogens (tertiary/aromatic N) is 3. The minimum absolute atomic E-state index is 0.146. The van der Waals surface area contributed by atoms with Gasteiger partial charge in [-0.15, -0.1) is 22.7 Å². The molecule has 2 aliphatic heterocycles. The van der Waals surface area contributed by atoms with Crippen LogP contribution in [0.2, 0.25) is 0 Å². The third-order valence-electron chi connectivity index (χ3n) is 7.23. The van der Waals surface area contributed by atoms with Crippen molar-refractivity contribution in [3.8, 4) is 6.07 Å². The molecule has 0 radical (unpaired) electrons. The molecule has 1 unspecified atom stereocenters. The van der Waals surface area contributed by atoms with Crippen molar-refractivity contribution >= 4 is 39.3 Å². The zero-order valence-corrected chi connectivity index (χ0v) is 20.5. The number of carbonyl (C=O) groups excluding carboxylic acids is 1. The monoisotopic (exact) mass is 474 g/mol. The normalized spacial score (nSPS) is 23.8. The average molecular weight is 475 g/mol. The molecule has 2 aliphatic carbocycles. The Morgan fingerprint density at radius 2 is 2.06 bits per heavy atom. The first kappa shape index (κ1) is 20.9. The molecule has 0 amide bonds. The highest BCUT2D eigenvalue weighted by Crippen LogP contribution is 2.55. The van der Waals surface area contributed by atoms with E-state index in [4.69, 9.17) is 10.7 Å². The van der Waals surface area contributed by atoms with Crippen LogP contribution in [0, 0.1) is 16.7 Å². The molecule has 2 N–H and O–H groups in total. The van der Waals surface area contributed by atoms with Gasteiger partial charge in [0, 0.05) is 27.4 Å². The lowest BCUT2D eigenvalue weighted by Crippen LogP contribution is -2.41. The van der Waals surface area contributed by atoms with Crippen molar-refractivity contribution < 1.29 is 4.79 Å². The van der Waals surface area contributed by atoms with Crippen molar-refractivity contribution in [1.29, 1.82) is 5.26 Å². The van der Waals surface area contributed by atoms with Crippen LogP contribution in [0.25, 0.3) is 0 Å². The summed E-state index contributed by atoms with van der Waals surface area (Å²) in [7, 11) is 0. The lowest BCUT2D eigenvalue weighted by molar-refractivity contribution is -0.118. The summed E-state index contributed by atoms with van der Waals surface area (Å²) in [4.78, 5) is 23.1. The van der Waals surface area contributed by atoms with E-state index in [1.165, 1.54) is 23.3 Å². The fourth-order valence-corrected chi connectivity index (χ4v) is 8.12. The van der Waals surface area contributed by atoms with Gasteiger partial charge in [0.1, 0.15) is 10.8 Å². The molecule has 0 aromatic carbocycles. The van der Waals surface area contributed by atoms with E-state index in [0.717, 1.165) is 52.4 Å². The molecule has 7 heteroatoms. The molecular weight excluding hydrogens is 448 g/mol. The van der Waals surface area contributed by atoms with Crippen molar-refractivity contribution in [2.75, 3.05) is 4.90 Å². The molecule has 2 aromatic rings. The summed E-state index contributed by atoms with van der Waals surface area (Å²) >= 11 is 3.38. The Labute approximate surface area is 201 Å². The maximum absolute atomic E-state index is 13.6. The number of allylic oxidation sites excluding steroid dienone is 3. The zero-order valence-electron chi connectivity index (χ0n) is 18.9. The van der Waals surface area contributed by atoms with Crippen LogP contribution in [-0.2, 0) is 17.6 Å². The van der Waals surface area contributed by atoms with E-state index in [9.17, 15) is 10.1 Å². The van der Waals surface area contributed by atoms with Crippen LogP contribution in [0.1, 0.15) is 72.8 Å². The van der Waals surface area contributed by atoms with Gasteiger partial charge in [-0.3, -0.25) is 9.69 Å². The van der Waals surface area contributed by atoms with E-state index in [0.29, 0.717) is 23.7 Å². The summed E-state index contributed by atoms with van der Waals surface area (Å²) in [6.07, 6.45) is 6.94. The van der Waals surface area contributed by atoms with Gasteiger partial charge < -0.3 is 5.73 Å². The van der Waals surface area contributed by atoms with Gasteiger partial charge in [-0.05, 0) is 54.5 Å². The highest BCUT2D eigenvalue weighted by molar-refractivity contribution is 7.17. The Kier molecular flexibility index (Phi) is 4.69. The number of thiophene rings is 2. The third-order valence-corrected chi connectivity index (χ3v) is 9.45. The molecule has 0 bridgehead atoms. The quantitative estimate of drug-likeness (QED) is 0.531. The van der Waals surface area contributed by atoms with Gasteiger partial charge in [0.2, 0.25) is 0 Å². The van der Waals surface area contributed by atoms with E-state index in [2.05, 4.69) is 24.8 Å². The maximum Gasteiger partial charge on any atom is 0.162 e. The zero-order chi connectivity index (χ0) is 22.9. The molecule has 0 spiro atoms. The van der Waals surface area contributed by atoms with E-state index >= 15 is 0 Å². The predicted molar refractivity (Wildman–Crippen MR) is 134 cm³/mol. The van der Waals surface area contributed by atoms with E-state index in [1.54, 1.807) is 22.7 Å². The minimum atomic E-state index is -0.365. The Morgan fingerprint density at radius 3 is 2.82 bits per heavy atom. The van der Waals surface area contributed by atoms with Crippen molar-refractivity contribution in [2.24, 2.45) is 16.1 Å². The Morgan fingerprint density at radius 1 is 1.24 bits per heavy atom. The van der Waals surface area contributed by atoms with Gasteiger partial charge >= 0.3 is 0 Å². The lowest BCUT2D eigenvalue weighted by Gasteiger charge is -2.44. The number of ketones is 1. The second-order valence-electron chi connectivity index (χ2n) is 10.2. The fraction of sp³-hybridized carbons (Fsp3) is 0.423. The molecule has 2 aromatic heterocycles. The van der Waals surface area contributed by atoms with Crippen LogP contribution in [0.3, 0.4) is 0 Å². The maximum atomic E-state index is 13.6. The standard InChI is InChI=1S/C26H26N4OS2/c1-26(2)11-16-22(17(31)12-26)20(19-9-6-10-32-19)15(13-27)24-29-23(28)21-14-7-4-3-5-8-18(14)33-25(21)30(16)24/h6,9-10,20H,3-5,7-8,11-12H2,1-2H3,(H2,28,29). The number of carbonyl (C=O) groups is 1. The lowest BCUT2D eigenvalue weighted by atomic mass is 9.69. The summed E-state index contributed by atoms with van der Waals surface area (Å²) < 4.78 is 0. The summed E-state index contributed by atoms with van der Waals surface area (Å²) in [5.74, 6) is 0.907. The number of amidine groups is 1. The van der Waals surface area contributed by atoms with Crippen molar-refractivity contribution in [3.05, 3.63) is 61.1 Å². The second-order valence-corrected chi connectivity index (χ2v) is 12.2. The molecule has 4 aliphatic rings. The van der Waals surface area contributed by atoms with Gasteiger partial charge in [0.05, 0.1) is 23.1 Å². The molecular formula is C26H26N4OS2. The SMILES string of the molecule is CC1(C)CC(=O)C2=C(C1)N1C(=C(C#N)C2c2cccs2)N=C(N)c2c1sc1c2CCCCC1. The van der Waals surface area contributed by atoms with E-state index < -0.39 is 0 Å². The highest BCUT2D eigenvalue weighted by atomic mass is 32.1. The molecule has 6 rings (SSSR count). The molecule has 5 nitrogen and oxygen atoms in total. The average Bonchev–Trinajstić information content (AvgIpc) is 3.35. The first-order valence-electron chi connectivity index (χ1n) is 11.6. The number of nitrogens with two attached hydrogens (primary N) is 1. The molecule has 0 saturated carbocycles. The number of aryl methyl sites for hydroxylation is 1. The third kappa shape index (κ3) is 3.08. The summed E-state index contributed by atoms with van der Waals surface area (Å²) in [5.41, 5.74) is 11.1. The number of hydrogen-bond donors (Lipinski definition) is 1. The number of fused-ring (bicyclic) bond motifs is 6. The van der Waals surface area contributed by atoms with Crippen LogP contribution >= 0.6 is 22.7 Å². The van der Waals surface area contributed by atoms with Crippen molar-refractivity contribution in [2.45, 2.75) is 64.7 Å². The highest BCUT2D eigenvalue weighted by Gasteiger charge is 2.47. The van der Waals surface area contributed by atoms with Crippen molar-refractivity contribution in [3.63, 3.8) is 0 Å². The number of anilines is 1. The molecule has 33 heavy (non-hydrogen) atoms. The Bertz CT molecular complexity index is 1320. The van der Waals surface area contributed by atoms with Gasteiger partial charge in [-0.2, -0.15) is 5.26 Å². The largest absolute Gasteiger partial charge is 0.383 e. The van der Waals surface area contributed by atoms with Crippen LogP contribution in [0.15, 0.2) is 45.2 Å². The first-order chi connectivity index (χ1) is 15.9. The summed E-state index contributed by atoms with van der Waals surface area (Å²) in [6.45, 7) is 4.31. The van der Waals surface area contributed by atoms with Crippen LogP contribution in [-0.4, -0.2) is 11.6 Å². The smallest absolute Gasteiger partial charge is 0.162 e. The fourth-order valence-electron chi connectivity index (χ4n) is 5.85. The van der Waals surface area contributed by atoms with Crippen LogP contribution in [0.5, 0.6) is 0 Å². The minimum Gasteiger partial charge on any atom is -0.383 e. The first-order valence-corrected chi connectivity index (χ1v) is 13.3. The number of Topliss-reactive ketones (excluding diaryl/α,β-unsaturated/α-hetero) is 1. The predicted octanol–water partition coefficient (Wildman–Crippen LogP) is 5.78. The molecule has 0 fully saturated rings. The number of rotatable bonds is 1. The topological polar surface area (TPSA) is 82.5 Å². The molecule has 168 valence electrons. The van der Waals surface area contributed by atoms with Gasteiger partial charge in [-0.25, -0.2) is 4.99 Å². The number of hydrogen-bond acceptors (Lipinski definition) is 7. The van der Waals surface area contributed by atoms with Gasteiger partial charge in [0.15, 0.2) is 11.6 Å². The molecule has 0 saturated heterocycles. The van der Waals surface area contributed by atoms with Gasteiger partial charge in [0.25, 0.3) is 0 Å². The summed E-state index contributed by atoms with van der Waals surface area (Å²) in [5, 5.41) is 13.4. The van der Waals surface area contributed by atoms with E-state index in [1.807, 2.05) is 17.5 Å². The van der Waals surface area contributed by atoms with Crippen molar-refractivity contribution in [1.82, 2.24) is 0 Å². The molecule has 4 heterocycles. The number of nitriles is 1.